The summed E-state index contributed by atoms with van der Waals surface area (Å²) in [6.45, 7) is 16.1. The summed E-state index contributed by atoms with van der Waals surface area (Å²) in [6.07, 6.45) is 5.94. The van der Waals surface area contributed by atoms with E-state index in [0.29, 0.717) is 29.8 Å². The summed E-state index contributed by atoms with van der Waals surface area (Å²) in [5, 5.41) is 3.33. The fraction of sp³-hybridized carbons (Fsp3) is 0.957. The smallest absolute Gasteiger partial charge is 0.226 e. The predicted octanol–water partition coefficient (Wildman–Crippen LogP) is 4.77. The molecule has 7 atom stereocenters. The second-order valence-corrected chi connectivity index (χ2v) is 11.1. The maximum Gasteiger partial charge on any atom is 0.226 e. The first-order valence-electron chi connectivity index (χ1n) is 11.1. The Labute approximate surface area is 166 Å². The number of fused-ring (bicyclic) bond motifs is 5. The molecule has 4 heteroatoms. The van der Waals surface area contributed by atoms with E-state index in [-0.39, 0.29) is 29.1 Å². The van der Waals surface area contributed by atoms with Crippen LogP contribution < -0.4 is 5.32 Å². The molecule has 0 aromatic heterocycles. The Hall–Kier alpha value is -0.610. The second kappa shape index (κ2) is 7.67. The molecule has 0 aromatic rings. The van der Waals surface area contributed by atoms with Crippen LogP contribution in [0.25, 0.3) is 0 Å². The zero-order valence-corrected chi connectivity index (χ0v) is 18.5. The molecule has 2 aliphatic carbocycles. The lowest BCUT2D eigenvalue weighted by Gasteiger charge is -2.38. The third kappa shape index (κ3) is 4.22. The van der Waals surface area contributed by atoms with Crippen molar-refractivity contribution in [3.05, 3.63) is 0 Å². The van der Waals surface area contributed by atoms with E-state index in [1.165, 1.54) is 12.8 Å². The van der Waals surface area contributed by atoms with Crippen LogP contribution >= 0.6 is 0 Å². The number of hydrogen-bond donors (Lipinski definition) is 1. The van der Waals surface area contributed by atoms with Gasteiger partial charge in [0.05, 0.1) is 12.2 Å². The van der Waals surface area contributed by atoms with E-state index < -0.39 is 0 Å². The molecule has 1 heterocycles. The van der Waals surface area contributed by atoms with Crippen molar-refractivity contribution in [3.8, 4) is 0 Å². The van der Waals surface area contributed by atoms with Crippen molar-refractivity contribution in [1.29, 1.82) is 0 Å². The predicted molar refractivity (Wildman–Crippen MR) is 108 cm³/mol. The Bertz CT molecular complexity index is 540. The van der Waals surface area contributed by atoms with Gasteiger partial charge in [-0.3, -0.25) is 4.79 Å². The van der Waals surface area contributed by atoms with Crippen LogP contribution in [0, 0.1) is 34.5 Å². The van der Waals surface area contributed by atoms with Gasteiger partial charge in [0, 0.05) is 12.0 Å². The van der Waals surface area contributed by atoms with Gasteiger partial charge in [-0.1, -0.05) is 54.9 Å². The molecule has 7 unspecified atom stereocenters. The van der Waals surface area contributed by atoms with Crippen LogP contribution in [0.4, 0.5) is 0 Å². The minimum atomic E-state index is -0.322. The first kappa shape index (κ1) is 21.1. The Morgan fingerprint density at radius 3 is 2.37 bits per heavy atom. The van der Waals surface area contributed by atoms with Gasteiger partial charge in [0.15, 0.2) is 6.29 Å². The largest absolute Gasteiger partial charge is 0.355 e. The maximum atomic E-state index is 13.1. The standard InChI is InChI=1S/C23H41NO3/c1-8-9-18-26-19-15-10-16(17(11-15)20(19)27-18)12-24-21(25)23(7,14(2)3)13-22(4,5)6/h14-20H,8-13H2,1-7H3,(H,24,25). The van der Waals surface area contributed by atoms with Crippen LogP contribution in [0.15, 0.2) is 0 Å². The van der Waals surface area contributed by atoms with Crippen LogP contribution in [0.2, 0.25) is 0 Å². The monoisotopic (exact) mass is 379 g/mol. The summed E-state index contributed by atoms with van der Waals surface area (Å²) >= 11 is 0. The van der Waals surface area contributed by atoms with Crippen molar-refractivity contribution in [1.82, 2.24) is 5.32 Å². The molecule has 1 aliphatic heterocycles. The number of nitrogens with one attached hydrogen (secondary N) is 1. The Morgan fingerprint density at radius 2 is 1.78 bits per heavy atom. The zero-order valence-electron chi connectivity index (χ0n) is 18.5. The van der Waals surface area contributed by atoms with Gasteiger partial charge in [0.2, 0.25) is 5.91 Å². The Morgan fingerprint density at radius 1 is 1.11 bits per heavy atom. The van der Waals surface area contributed by atoms with Gasteiger partial charge >= 0.3 is 0 Å². The lowest BCUT2D eigenvalue weighted by molar-refractivity contribution is -0.135. The highest BCUT2D eigenvalue weighted by molar-refractivity contribution is 5.82. The highest BCUT2D eigenvalue weighted by Gasteiger charge is 2.58. The third-order valence-corrected chi connectivity index (χ3v) is 7.35. The second-order valence-electron chi connectivity index (χ2n) is 11.1. The van der Waals surface area contributed by atoms with E-state index in [0.717, 1.165) is 25.8 Å². The lowest BCUT2D eigenvalue weighted by Crippen LogP contribution is -2.47. The van der Waals surface area contributed by atoms with Crippen LogP contribution in [-0.4, -0.2) is 30.9 Å². The number of amides is 1. The molecule has 27 heavy (non-hydrogen) atoms. The van der Waals surface area contributed by atoms with E-state index in [1.807, 2.05) is 0 Å². The molecule has 0 spiro atoms. The average molecular weight is 380 g/mol. The third-order valence-electron chi connectivity index (χ3n) is 7.35. The molecule has 0 aromatic carbocycles. The van der Waals surface area contributed by atoms with Crippen molar-refractivity contribution in [3.63, 3.8) is 0 Å². The van der Waals surface area contributed by atoms with Gasteiger partial charge in [-0.2, -0.15) is 0 Å². The van der Waals surface area contributed by atoms with Crippen LogP contribution in [0.3, 0.4) is 0 Å². The Balaban J connectivity index is 1.57. The fourth-order valence-electron chi connectivity index (χ4n) is 5.81. The summed E-state index contributed by atoms with van der Waals surface area (Å²) in [4.78, 5) is 13.1. The topological polar surface area (TPSA) is 47.6 Å². The van der Waals surface area contributed by atoms with Crippen LogP contribution in [0.5, 0.6) is 0 Å². The van der Waals surface area contributed by atoms with Gasteiger partial charge in [-0.05, 0) is 54.8 Å². The van der Waals surface area contributed by atoms with Gasteiger partial charge < -0.3 is 14.8 Å². The molecule has 4 nitrogen and oxygen atoms in total. The SMILES string of the molecule is CCCC1OC2C3CC(CNC(=O)C(C)(CC(C)(C)C)C(C)C)C(C3)C2O1. The van der Waals surface area contributed by atoms with Crippen LogP contribution in [-0.2, 0) is 14.3 Å². The minimum Gasteiger partial charge on any atom is -0.355 e. The Kier molecular flexibility index (Phi) is 5.99. The van der Waals surface area contributed by atoms with E-state index >= 15 is 0 Å². The molecule has 3 aliphatic rings. The van der Waals surface area contributed by atoms with E-state index in [1.54, 1.807) is 0 Å². The van der Waals surface area contributed by atoms with E-state index in [9.17, 15) is 4.79 Å². The molecular weight excluding hydrogens is 338 g/mol. The molecule has 2 saturated carbocycles. The van der Waals surface area contributed by atoms with Gasteiger partial charge in [-0.15, -0.1) is 0 Å². The van der Waals surface area contributed by atoms with E-state index in [2.05, 4.69) is 53.8 Å². The summed E-state index contributed by atoms with van der Waals surface area (Å²) in [6, 6.07) is 0. The van der Waals surface area contributed by atoms with Gasteiger partial charge in [0.25, 0.3) is 0 Å². The summed E-state index contributed by atoms with van der Waals surface area (Å²) in [7, 11) is 0. The molecule has 0 radical (unpaired) electrons. The summed E-state index contributed by atoms with van der Waals surface area (Å²) in [5.74, 6) is 2.25. The maximum absolute atomic E-state index is 13.1. The van der Waals surface area contributed by atoms with Gasteiger partial charge in [0.1, 0.15) is 0 Å². The quantitative estimate of drug-likeness (QED) is 0.693. The lowest BCUT2D eigenvalue weighted by atomic mass is 9.68. The molecular formula is C23H41NO3. The van der Waals surface area contributed by atoms with Crippen molar-refractivity contribution < 1.29 is 14.3 Å². The molecule has 156 valence electrons. The van der Waals surface area contributed by atoms with Crippen molar-refractivity contribution in [2.24, 2.45) is 34.5 Å². The molecule has 2 bridgehead atoms. The van der Waals surface area contributed by atoms with E-state index in [4.69, 9.17) is 9.47 Å². The van der Waals surface area contributed by atoms with Crippen molar-refractivity contribution in [2.75, 3.05) is 6.54 Å². The van der Waals surface area contributed by atoms with Crippen LogP contribution in [0.1, 0.15) is 80.6 Å². The molecule has 3 fully saturated rings. The fourth-order valence-corrected chi connectivity index (χ4v) is 5.81. The zero-order chi connectivity index (χ0) is 20.0. The number of carbonyl (C=O) groups excluding carboxylic acids is 1. The molecule has 1 amide bonds. The minimum absolute atomic E-state index is 0.000316. The number of ether oxygens (including phenoxy) is 2. The first-order valence-corrected chi connectivity index (χ1v) is 11.1. The average Bonchev–Trinajstić information content (AvgIpc) is 3.21. The summed E-state index contributed by atoms with van der Waals surface area (Å²) < 4.78 is 12.4. The molecule has 3 rings (SSSR count). The van der Waals surface area contributed by atoms with Crippen molar-refractivity contribution in [2.45, 2.75) is 99.1 Å². The number of carbonyl (C=O) groups is 1. The normalized spacial score (nSPS) is 37.5. The molecule has 1 N–H and O–H groups in total. The highest BCUT2D eigenvalue weighted by atomic mass is 16.7. The van der Waals surface area contributed by atoms with Gasteiger partial charge in [-0.25, -0.2) is 0 Å². The first-order chi connectivity index (χ1) is 12.5. The summed E-state index contributed by atoms with van der Waals surface area (Å²) in [5.41, 5.74) is -0.184. The molecule has 1 saturated heterocycles. The van der Waals surface area contributed by atoms with Crippen molar-refractivity contribution >= 4 is 5.91 Å². The highest BCUT2D eigenvalue weighted by Crippen LogP contribution is 2.54. The number of rotatable bonds is 7. The number of hydrogen-bond acceptors (Lipinski definition) is 3.